The third-order valence-electron chi connectivity index (χ3n) is 5.92. The summed E-state index contributed by atoms with van der Waals surface area (Å²) in [7, 11) is 0. The predicted octanol–water partition coefficient (Wildman–Crippen LogP) is 6.49. The van der Waals surface area contributed by atoms with Gasteiger partial charge in [-0.05, 0) is 66.9 Å². The molecule has 164 valence electrons. The standard InChI is InChI=1S/C27H20ClNO4/c1-15-6-5-8-19(12-15)29-24(20-9-4-3-7-16(20)2)23(26(31)27(29)32)25(30)22-14-17-13-18(28)10-11-21(17)33-22/h3-14,24,31H,1-2H3. The van der Waals surface area contributed by atoms with Crippen molar-refractivity contribution in [3.05, 3.63) is 112 Å². The zero-order valence-electron chi connectivity index (χ0n) is 18.0. The number of aryl methyl sites for hydroxylation is 2. The minimum atomic E-state index is -0.801. The van der Waals surface area contributed by atoms with Gasteiger partial charge in [-0.2, -0.15) is 0 Å². The molecule has 0 spiro atoms. The highest BCUT2D eigenvalue weighted by atomic mass is 35.5. The first kappa shape index (κ1) is 21.0. The molecule has 0 saturated carbocycles. The number of halogens is 1. The van der Waals surface area contributed by atoms with Crippen LogP contribution in [0.2, 0.25) is 5.02 Å². The molecule has 1 unspecified atom stereocenters. The van der Waals surface area contributed by atoms with Crippen LogP contribution in [0.25, 0.3) is 11.0 Å². The lowest BCUT2D eigenvalue weighted by Gasteiger charge is -2.28. The van der Waals surface area contributed by atoms with Crippen LogP contribution in [0.15, 0.2) is 88.5 Å². The predicted molar refractivity (Wildman–Crippen MR) is 128 cm³/mol. The first-order valence-corrected chi connectivity index (χ1v) is 10.9. The van der Waals surface area contributed by atoms with Crippen LogP contribution < -0.4 is 4.90 Å². The molecule has 2 heterocycles. The molecule has 0 bridgehead atoms. The Bertz CT molecular complexity index is 1470. The van der Waals surface area contributed by atoms with Gasteiger partial charge in [0.15, 0.2) is 11.5 Å². The van der Waals surface area contributed by atoms with Gasteiger partial charge in [0.25, 0.3) is 5.91 Å². The number of aliphatic hydroxyl groups excluding tert-OH is 1. The maximum atomic E-state index is 13.7. The molecule has 5 rings (SSSR count). The molecule has 0 saturated heterocycles. The van der Waals surface area contributed by atoms with E-state index in [1.54, 1.807) is 30.3 Å². The van der Waals surface area contributed by atoms with E-state index < -0.39 is 23.5 Å². The summed E-state index contributed by atoms with van der Waals surface area (Å²) in [6, 6.07) is 20.8. The molecule has 4 aromatic rings. The second-order valence-electron chi connectivity index (χ2n) is 8.16. The Morgan fingerprint density at radius 2 is 1.79 bits per heavy atom. The molecule has 5 nitrogen and oxygen atoms in total. The first-order chi connectivity index (χ1) is 15.8. The number of ketones is 1. The van der Waals surface area contributed by atoms with Crippen molar-refractivity contribution in [3.8, 4) is 0 Å². The van der Waals surface area contributed by atoms with E-state index in [4.69, 9.17) is 16.0 Å². The Morgan fingerprint density at radius 3 is 2.55 bits per heavy atom. The number of hydrogen-bond donors (Lipinski definition) is 1. The Kier molecular flexibility index (Phi) is 5.06. The SMILES string of the molecule is Cc1cccc(N2C(=O)C(O)=C(C(=O)c3cc4cc(Cl)ccc4o3)C2c2ccccc2C)c1. The number of carbonyl (C=O) groups excluding carboxylic acids is 2. The third kappa shape index (κ3) is 3.51. The summed E-state index contributed by atoms with van der Waals surface area (Å²) < 4.78 is 5.77. The highest BCUT2D eigenvalue weighted by Crippen LogP contribution is 2.43. The average Bonchev–Trinajstić information content (AvgIpc) is 3.32. The largest absolute Gasteiger partial charge is 0.503 e. The number of benzene rings is 3. The minimum Gasteiger partial charge on any atom is -0.503 e. The fraction of sp³-hybridized carbons (Fsp3) is 0.111. The fourth-order valence-corrected chi connectivity index (χ4v) is 4.51. The summed E-state index contributed by atoms with van der Waals surface area (Å²) in [6.45, 7) is 3.83. The van der Waals surface area contributed by atoms with Gasteiger partial charge in [0.2, 0.25) is 5.78 Å². The van der Waals surface area contributed by atoms with Crippen LogP contribution in [0.4, 0.5) is 5.69 Å². The second kappa shape index (κ2) is 7.94. The molecule has 0 radical (unpaired) electrons. The van der Waals surface area contributed by atoms with E-state index in [0.29, 0.717) is 21.7 Å². The Morgan fingerprint density at radius 1 is 1.00 bits per heavy atom. The van der Waals surface area contributed by atoms with Crippen LogP contribution in [-0.2, 0) is 4.79 Å². The first-order valence-electron chi connectivity index (χ1n) is 10.5. The van der Waals surface area contributed by atoms with Gasteiger partial charge in [-0.15, -0.1) is 0 Å². The summed E-state index contributed by atoms with van der Waals surface area (Å²) in [6.07, 6.45) is 0. The maximum Gasteiger partial charge on any atom is 0.294 e. The summed E-state index contributed by atoms with van der Waals surface area (Å²) >= 11 is 6.07. The Hall–Kier alpha value is -3.83. The maximum absolute atomic E-state index is 13.7. The van der Waals surface area contributed by atoms with Gasteiger partial charge in [0, 0.05) is 16.1 Å². The number of Topliss-reactive ketones (excluding diaryl/α,β-unsaturated/α-hetero) is 1. The zero-order chi connectivity index (χ0) is 23.3. The highest BCUT2D eigenvalue weighted by Gasteiger charge is 2.45. The van der Waals surface area contributed by atoms with Gasteiger partial charge >= 0.3 is 0 Å². The topological polar surface area (TPSA) is 70.8 Å². The summed E-state index contributed by atoms with van der Waals surface area (Å²) in [5.74, 6) is -1.72. The van der Waals surface area contributed by atoms with E-state index in [1.807, 2.05) is 56.3 Å². The minimum absolute atomic E-state index is 0.0130. The van der Waals surface area contributed by atoms with Gasteiger partial charge in [-0.3, -0.25) is 14.5 Å². The smallest absolute Gasteiger partial charge is 0.294 e. The monoisotopic (exact) mass is 457 g/mol. The number of fused-ring (bicyclic) bond motifs is 1. The molecule has 1 aliphatic rings. The molecule has 1 aliphatic heterocycles. The fourth-order valence-electron chi connectivity index (χ4n) is 4.33. The molecule has 3 aromatic carbocycles. The molecule has 1 aromatic heterocycles. The second-order valence-corrected chi connectivity index (χ2v) is 8.59. The molecular formula is C27H20ClNO4. The van der Waals surface area contributed by atoms with Crippen molar-refractivity contribution in [3.63, 3.8) is 0 Å². The molecule has 0 fully saturated rings. The van der Waals surface area contributed by atoms with Crippen LogP contribution >= 0.6 is 11.6 Å². The van der Waals surface area contributed by atoms with Gasteiger partial charge in [0.1, 0.15) is 5.58 Å². The lowest BCUT2D eigenvalue weighted by molar-refractivity contribution is -0.117. The van der Waals surface area contributed by atoms with Crippen molar-refractivity contribution in [1.82, 2.24) is 0 Å². The normalized spacial score (nSPS) is 16.2. The summed E-state index contributed by atoms with van der Waals surface area (Å²) in [5.41, 5.74) is 3.68. The molecular weight excluding hydrogens is 438 g/mol. The number of anilines is 1. The Balaban J connectivity index is 1.69. The summed E-state index contributed by atoms with van der Waals surface area (Å²) in [4.78, 5) is 28.4. The third-order valence-corrected chi connectivity index (χ3v) is 6.15. The number of aliphatic hydroxyl groups is 1. The van der Waals surface area contributed by atoms with Crippen LogP contribution in [0.5, 0.6) is 0 Å². The zero-order valence-corrected chi connectivity index (χ0v) is 18.8. The highest BCUT2D eigenvalue weighted by molar-refractivity contribution is 6.31. The van der Waals surface area contributed by atoms with E-state index >= 15 is 0 Å². The molecule has 33 heavy (non-hydrogen) atoms. The molecule has 1 amide bonds. The Labute approximate surface area is 195 Å². The van der Waals surface area contributed by atoms with Crippen LogP contribution in [0, 0.1) is 13.8 Å². The number of nitrogens with zero attached hydrogens (tertiary/aromatic N) is 1. The van der Waals surface area contributed by atoms with Crippen LogP contribution in [-0.4, -0.2) is 16.8 Å². The summed E-state index contributed by atoms with van der Waals surface area (Å²) in [5, 5.41) is 12.1. The van der Waals surface area contributed by atoms with Crippen molar-refractivity contribution in [2.24, 2.45) is 0 Å². The van der Waals surface area contributed by atoms with E-state index in [2.05, 4.69) is 0 Å². The van der Waals surface area contributed by atoms with Crippen LogP contribution in [0.1, 0.15) is 33.3 Å². The van der Waals surface area contributed by atoms with Crippen molar-refractivity contribution in [1.29, 1.82) is 0 Å². The van der Waals surface area contributed by atoms with Crippen molar-refractivity contribution in [2.45, 2.75) is 19.9 Å². The number of amides is 1. The lowest BCUT2D eigenvalue weighted by atomic mass is 9.92. The van der Waals surface area contributed by atoms with Gasteiger partial charge in [-0.25, -0.2) is 0 Å². The average molecular weight is 458 g/mol. The quantitative estimate of drug-likeness (QED) is 0.356. The van der Waals surface area contributed by atoms with E-state index in [9.17, 15) is 14.7 Å². The van der Waals surface area contributed by atoms with Crippen molar-refractivity contribution >= 4 is 39.9 Å². The molecule has 0 aliphatic carbocycles. The number of carbonyl (C=O) groups is 2. The van der Waals surface area contributed by atoms with Crippen molar-refractivity contribution < 1.29 is 19.1 Å². The van der Waals surface area contributed by atoms with Crippen LogP contribution in [0.3, 0.4) is 0 Å². The van der Waals surface area contributed by atoms with Crippen molar-refractivity contribution in [2.75, 3.05) is 4.90 Å². The van der Waals surface area contributed by atoms with E-state index in [-0.39, 0.29) is 11.3 Å². The van der Waals surface area contributed by atoms with Gasteiger partial charge < -0.3 is 9.52 Å². The molecule has 6 heteroatoms. The van der Waals surface area contributed by atoms with Gasteiger partial charge in [-0.1, -0.05) is 48.0 Å². The molecule has 1 N–H and O–H groups in total. The lowest BCUT2D eigenvalue weighted by Crippen LogP contribution is -2.31. The number of furan rings is 1. The molecule has 1 atom stereocenters. The van der Waals surface area contributed by atoms with E-state index in [1.165, 1.54) is 4.90 Å². The van der Waals surface area contributed by atoms with Gasteiger partial charge in [0.05, 0.1) is 11.6 Å². The number of rotatable bonds is 4. The van der Waals surface area contributed by atoms with E-state index in [0.717, 1.165) is 16.7 Å². The number of hydrogen-bond acceptors (Lipinski definition) is 4.